The molecule has 1 aromatic rings. The first kappa shape index (κ1) is 12.7. The lowest BCUT2D eigenvalue weighted by atomic mass is 10.1. The first-order valence-electron chi connectivity index (χ1n) is 5.58. The van der Waals surface area contributed by atoms with Crippen LogP contribution in [0.1, 0.15) is 23.2 Å². The van der Waals surface area contributed by atoms with Crippen molar-refractivity contribution in [3.8, 4) is 0 Å². The summed E-state index contributed by atoms with van der Waals surface area (Å²) in [5.74, 6) is -0.0901. The van der Waals surface area contributed by atoms with Gasteiger partial charge in [-0.1, -0.05) is 29.3 Å². The molecule has 5 heteroatoms. The topological polar surface area (TPSA) is 46.3 Å². The molecule has 0 spiro atoms. The molecule has 1 atom stereocenters. The minimum atomic E-state index is -0.0901. The van der Waals surface area contributed by atoms with E-state index in [1.54, 1.807) is 23.1 Å². The summed E-state index contributed by atoms with van der Waals surface area (Å²) in [6.45, 7) is 1.32. The van der Waals surface area contributed by atoms with Gasteiger partial charge in [-0.2, -0.15) is 0 Å². The third kappa shape index (κ3) is 2.73. The molecule has 1 fully saturated rings. The van der Waals surface area contributed by atoms with Gasteiger partial charge < -0.3 is 10.6 Å². The van der Waals surface area contributed by atoms with Crippen LogP contribution < -0.4 is 5.73 Å². The standard InChI is InChI=1S/C12H14Cl2N2O/c13-10-5-1-4-9(11(10)14)12(17)16-6-2-3-8(15)7-16/h1,4-5,8H,2-3,6-7,15H2/t8-/m0/s1. The van der Waals surface area contributed by atoms with Crippen molar-refractivity contribution in [3.63, 3.8) is 0 Å². The third-order valence-corrected chi connectivity index (χ3v) is 3.75. The van der Waals surface area contributed by atoms with Gasteiger partial charge in [0.2, 0.25) is 0 Å². The van der Waals surface area contributed by atoms with Gasteiger partial charge in [0, 0.05) is 19.1 Å². The summed E-state index contributed by atoms with van der Waals surface area (Å²) in [4.78, 5) is 14.0. The Balaban J connectivity index is 2.22. The van der Waals surface area contributed by atoms with E-state index >= 15 is 0 Å². The van der Waals surface area contributed by atoms with Gasteiger partial charge in [0.25, 0.3) is 5.91 Å². The van der Waals surface area contributed by atoms with Gasteiger partial charge in [-0.25, -0.2) is 0 Å². The molecule has 17 heavy (non-hydrogen) atoms. The fourth-order valence-electron chi connectivity index (χ4n) is 2.03. The minimum absolute atomic E-state index is 0.0608. The maximum atomic E-state index is 12.2. The fourth-order valence-corrected chi connectivity index (χ4v) is 2.42. The molecule has 1 aliphatic heterocycles. The van der Waals surface area contributed by atoms with Crippen LogP contribution in [0.2, 0.25) is 10.0 Å². The van der Waals surface area contributed by atoms with E-state index in [1.165, 1.54) is 0 Å². The van der Waals surface area contributed by atoms with Crippen molar-refractivity contribution >= 4 is 29.1 Å². The Morgan fingerprint density at radius 2 is 2.18 bits per heavy atom. The van der Waals surface area contributed by atoms with E-state index in [1.807, 2.05) is 0 Å². The zero-order chi connectivity index (χ0) is 12.4. The first-order valence-corrected chi connectivity index (χ1v) is 6.34. The summed E-state index contributed by atoms with van der Waals surface area (Å²) >= 11 is 11.9. The van der Waals surface area contributed by atoms with Crippen LogP contribution in [0.3, 0.4) is 0 Å². The Bertz CT molecular complexity index is 437. The van der Waals surface area contributed by atoms with Crippen LogP contribution in [-0.4, -0.2) is 29.9 Å². The number of hydrogen-bond acceptors (Lipinski definition) is 2. The van der Waals surface area contributed by atoms with Crippen molar-refractivity contribution in [2.24, 2.45) is 5.73 Å². The van der Waals surface area contributed by atoms with Gasteiger partial charge in [-0.15, -0.1) is 0 Å². The monoisotopic (exact) mass is 272 g/mol. The second-order valence-electron chi connectivity index (χ2n) is 4.25. The number of amides is 1. The fraction of sp³-hybridized carbons (Fsp3) is 0.417. The van der Waals surface area contributed by atoms with E-state index in [4.69, 9.17) is 28.9 Å². The number of rotatable bonds is 1. The summed E-state index contributed by atoms with van der Waals surface area (Å²) in [5, 5.41) is 0.720. The SMILES string of the molecule is N[C@H]1CCCN(C(=O)c2cccc(Cl)c2Cl)C1. The second-order valence-corrected chi connectivity index (χ2v) is 5.04. The molecule has 2 N–H and O–H groups in total. The largest absolute Gasteiger partial charge is 0.337 e. The molecule has 1 saturated heterocycles. The Morgan fingerprint density at radius 3 is 2.88 bits per heavy atom. The van der Waals surface area contributed by atoms with Crippen molar-refractivity contribution in [2.75, 3.05) is 13.1 Å². The van der Waals surface area contributed by atoms with Crippen LogP contribution in [-0.2, 0) is 0 Å². The maximum Gasteiger partial charge on any atom is 0.255 e. The lowest BCUT2D eigenvalue weighted by Gasteiger charge is -2.31. The Morgan fingerprint density at radius 1 is 1.41 bits per heavy atom. The van der Waals surface area contributed by atoms with Crippen LogP contribution >= 0.6 is 23.2 Å². The highest BCUT2D eigenvalue weighted by Gasteiger charge is 2.24. The summed E-state index contributed by atoms with van der Waals surface area (Å²) in [6.07, 6.45) is 1.90. The first-order chi connectivity index (χ1) is 8.09. The van der Waals surface area contributed by atoms with E-state index < -0.39 is 0 Å². The molecule has 0 bridgehead atoms. The molecule has 0 aliphatic carbocycles. The lowest BCUT2D eigenvalue weighted by molar-refractivity contribution is 0.0709. The Labute approximate surface area is 110 Å². The molecule has 0 unspecified atom stereocenters. The van der Waals surface area contributed by atoms with Gasteiger partial charge >= 0.3 is 0 Å². The maximum absolute atomic E-state index is 12.2. The summed E-state index contributed by atoms with van der Waals surface area (Å²) in [6, 6.07) is 5.15. The van der Waals surface area contributed by atoms with Gasteiger partial charge in [0.05, 0.1) is 15.6 Å². The summed E-state index contributed by atoms with van der Waals surface area (Å²) in [7, 11) is 0. The van der Waals surface area contributed by atoms with Crippen molar-refractivity contribution in [2.45, 2.75) is 18.9 Å². The highest BCUT2D eigenvalue weighted by Crippen LogP contribution is 2.27. The molecular weight excluding hydrogens is 259 g/mol. The van der Waals surface area contributed by atoms with E-state index in [2.05, 4.69) is 0 Å². The molecule has 1 amide bonds. The molecule has 92 valence electrons. The lowest BCUT2D eigenvalue weighted by Crippen LogP contribution is -2.45. The van der Waals surface area contributed by atoms with Gasteiger partial charge in [-0.05, 0) is 25.0 Å². The summed E-state index contributed by atoms with van der Waals surface area (Å²) < 4.78 is 0. The molecular formula is C12H14Cl2N2O. The number of benzene rings is 1. The molecule has 1 aromatic carbocycles. The number of halogens is 2. The van der Waals surface area contributed by atoms with Crippen LogP contribution in [0.4, 0.5) is 0 Å². The molecule has 1 aliphatic rings. The van der Waals surface area contributed by atoms with Crippen molar-refractivity contribution < 1.29 is 4.79 Å². The van der Waals surface area contributed by atoms with Crippen molar-refractivity contribution in [1.82, 2.24) is 4.90 Å². The Hall–Kier alpha value is -0.770. The molecule has 0 aromatic heterocycles. The van der Waals surface area contributed by atoms with E-state index in [-0.39, 0.29) is 11.9 Å². The van der Waals surface area contributed by atoms with Crippen LogP contribution in [0.5, 0.6) is 0 Å². The van der Waals surface area contributed by atoms with Crippen LogP contribution in [0, 0.1) is 0 Å². The third-order valence-electron chi connectivity index (χ3n) is 2.93. The average molecular weight is 273 g/mol. The smallest absolute Gasteiger partial charge is 0.255 e. The highest BCUT2D eigenvalue weighted by molar-refractivity contribution is 6.43. The van der Waals surface area contributed by atoms with Gasteiger partial charge in [0.15, 0.2) is 0 Å². The average Bonchev–Trinajstić information content (AvgIpc) is 2.32. The van der Waals surface area contributed by atoms with E-state index in [9.17, 15) is 4.79 Å². The molecule has 3 nitrogen and oxygen atoms in total. The zero-order valence-electron chi connectivity index (χ0n) is 9.33. The minimum Gasteiger partial charge on any atom is -0.337 e. The number of piperidine rings is 1. The number of nitrogens with two attached hydrogens (primary N) is 1. The molecule has 2 rings (SSSR count). The number of hydrogen-bond donors (Lipinski definition) is 1. The van der Waals surface area contributed by atoms with Crippen LogP contribution in [0.25, 0.3) is 0 Å². The number of likely N-dealkylation sites (tertiary alicyclic amines) is 1. The van der Waals surface area contributed by atoms with Gasteiger partial charge in [0.1, 0.15) is 0 Å². The quantitative estimate of drug-likeness (QED) is 0.854. The zero-order valence-corrected chi connectivity index (χ0v) is 10.8. The molecule has 1 heterocycles. The number of carbonyl (C=O) groups is 1. The van der Waals surface area contributed by atoms with Crippen LogP contribution in [0.15, 0.2) is 18.2 Å². The Kier molecular flexibility index (Phi) is 3.92. The predicted octanol–water partition coefficient (Wildman–Crippen LogP) is 2.56. The van der Waals surface area contributed by atoms with E-state index in [0.29, 0.717) is 22.2 Å². The normalized spacial score (nSPS) is 20.4. The van der Waals surface area contributed by atoms with E-state index in [0.717, 1.165) is 19.4 Å². The predicted molar refractivity (Wildman–Crippen MR) is 69.6 cm³/mol. The van der Waals surface area contributed by atoms with Crippen molar-refractivity contribution in [3.05, 3.63) is 33.8 Å². The van der Waals surface area contributed by atoms with Crippen molar-refractivity contribution in [1.29, 1.82) is 0 Å². The van der Waals surface area contributed by atoms with Gasteiger partial charge in [-0.3, -0.25) is 4.79 Å². The molecule has 0 radical (unpaired) electrons. The second kappa shape index (κ2) is 5.25. The molecule has 0 saturated carbocycles. The number of carbonyl (C=O) groups excluding carboxylic acids is 1. The highest BCUT2D eigenvalue weighted by atomic mass is 35.5. The summed E-state index contributed by atoms with van der Waals surface area (Å²) in [5.41, 5.74) is 6.31. The number of nitrogens with zero attached hydrogens (tertiary/aromatic N) is 1.